The standard InChI is InChI=1S/C12H18N2O3S/c1-17-11-4-2-3-9(7-11)12(14-13)10-5-6-18(15,16)8-10/h2-4,7,10,12,14H,5-6,8,13H2,1H3. The van der Waals surface area contributed by atoms with E-state index in [2.05, 4.69) is 5.43 Å². The molecule has 3 N–H and O–H groups in total. The summed E-state index contributed by atoms with van der Waals surface area (Å²) in [5.41, 5.74) is 3.69. The summed E-state index contributed by atoms with van der Waals surface area (Å²) in [5.74, 6) is 6.79. The number of rotatable bonds is 4. The lowest BCUT2D eigenvalue weighted by Gasteiger charge is -2.22. The molecule has 1 fully saturated rings. The Balaban J connectivity index is 2.23. The molecule has 2 atom stereocenters. The molecule has 100 valence electrons. The Hall–Kier alpha value is -1.11. The van der Waals surface area contributed by atoms with Gasteiger partial charge >= 0.3 is 0 Å². The van der Waals surface area contributed by atoms with Gasteiger partial charge in [0.25, 0.3) is 0 Å². The molecule has 2 unspecified atom stereocenters. The van der Waals surface area contributed by atoms with Crippen molar-refractivity contribution in [2.24, 2.45) is 11.8 Å². The minimum absolute atomic E-state index is 0.0205. The van der Waals surface area contributed by atoms with Gasteiger partial charge < -0.3 is 4.74 Å². The third kappa shape index (κ3) is 2.82. The number of ether oxygens (including phenoxy) is 1. The monoisotopic (exact) mass is 270 g/mol. The molecular weight excluding hydrogens is 252 g/mol. The van der Waals surface area contributed by atoms with Crippen LogP contribution in [0.1, 0.15) is 18.0 Å². The normalized spacial score (nSPS) is 23.8. The molecule has 0 radical (unpaired) electrons. The molecule has 0 bridgehead atoms. The molecule has 5 nitrogen and oxygen atoms in total. The van der Waals surface area contributed by atoms with Crippen LogP contribution in [0.5, 0.6) is 5.75 Å². The van der Waals surface area contributed by atoms with Crippen LogP contribution in [-0.2, 0) is 9.84 Å². The first-order chi connectivity index (χ1) is 8.55. The lowest BCUT2D eigenvalue weighted by Crippen LogP contribution is -2.34. The Kier molecular flexibility index (Phi) is 3.89. The van der Waals surface area contributed by atoms with E-state index in [9.17, 15) is 8.42 Å². The number of hydrogen-bond acceptors (Lipinski definition) is 5. The Morgan fingerprint density at radius 1 is 1.50 bits per heavy atom. The van der Waals surface area contributed by atoms with Crippen molar-refractivity contribution in [1.29, 1.82) is 0 Å². The van der Waals surface area contributed by atoms with Crippen molar-refractivity contribution in [2.75, 3.05) is 18.6 Å². The minimum Gasteiger partial charge on any atom is -0.497 e. The molecule has 0 saturated carbocycles. The van der Waals surface area contributed by atoms with Crippen molar-refractivity contribution in [3.05, 3.63) is 29.8 Å². The van der Waals surface area contributed by atoms with E-state index in [1.165, 1.54) is 0 Å². The van der Waals surface area contributed by atoms with Crippen molar-refractivity contribution in [3.63, 3.8) is 0 Å². The van der Waals surface area contributed by atoms with E-state index in [0.29, 0.717) is 6.42 Å². The van der Waals surface area contributed by atoms with Gasteiger partial charge in [0.1, 0.15) is 5.75 Å². The van der Waals surface area contributed by atoms with Gasteiger partial charge in [-0.05, 0) is 30.0 Å². The zero-order valence-corrected chi connectivity index (χ0v) is 11.1. The van der Waals surface area contributed by atoms with Crippen molar-refractivity contribution >= 4 is 9.84 Å². The number of hydrazine groups is 1. The van der Waals surface area contributed by atoms with Gasteiger partial charge in [-0.15, -0.1) is 0 Å². The highest BCUT2D eigenvalue weighted by Gasteiger charge is 2.34. The third-order valence-electron chi connectivity index (χ3n) is 3.37. The fourth-order valence-corrected chi connectivity index (χ4v) is 4.27. The summed E-state index contributed by atoms with van der Waals surface area (Å²) in [6, 6.07) is 7.38. The molecule has 2 rings (SSSR count). The molecule has 0 spiro atoms. The van der Waals surface area contributed by atoms with Crippen molar-refractivity contribution in [2.45, 2.75) is 12.5 Å². The maximum absolute atomic E-state index is 11.5. The van der Waals surface area contributed by atoms with Crippen LogP contribution in [0.4, 0.5) is 0 Å². The average molecular weight is 270 g/mol. The first-order valence-corrected chi connectivity index (χ1v) is 7.68. The number of sulfone groups is 1. The molecule has 1 aliphatic rings. The summed E-state index contributed by atoms with van der Waals surface area (Å²) < 4.78 is 28.2. The van der Waals surface area contributed by atoms with Gasteiger partial charge in [-0.3, -0.25) is 11.3 Å². The van der Waals surface area contributed by atoms with Gasteiger partial charge in [-0.2, -0.15) is 0 Å². The highest BCUT2D eigenvalue weighted by atomic mass is 32.2. The largest absolute Gasteiger partial charge is 0.497 e. The quantitative estimate of drug-likeness (QED) is 0.619. The molecular formula is C12H18N2O3S. The molecule has 1 aromatic carbocycles. The lowest BCUT2D eigenvalue weighted by molar-refractivity contribution is 0.391. The van der Waals surface area contributed by atoms with E-state index in [0.717, 1.165) is 11.3 Å². The number of benzene rings is 1. The van der Waals surface area contributed by atoms with E-state index in [4.69, 9.17) is 10.6 Å². The van der Waals surface area contributed by atoms with Crippen LogP contribution in [-0.4, -0.2) is 27.0 Å². The van der Waals surface area contributed by atoms with Crippen LogP contribution in [0.15, 0.2) is 24.3 Å². The van der Waals surface area contributed by atoms with Gasteiger partial charge in [-0.25, -0.2) is 8.42 Å². The van der Waals surface area contributed by atoms with Crippen LogP contribution >= 0.6 is 0 Å². The predicted molar refractivity (Wildman–Crippen MR) is 69.8 cm³/mol. The summed E-state index contributed by atoms with van der Waals surface area (Å²) in [6.07, 6.45) is 0.647. The minimum atomic E-state index is -2.90. The van der Waals surface area contributed by atoms with Crippen molar-refractivity contribution < 1.29 is 13.2 Å². The zero-order valence-electron chi connectivity index (χ0n) is 10.3. The maximum Gasteiger partial charge on any atom is 0.150 e. The Labute approximate surface area is 107 Å². The predicted octanol–water partition coefficient (Wildman–Crippen LogP) is 0.634. The number of nitrogens with one attached hydrogen (secondary N) is 1. The van der Waals surface area contributed by atoms with Gasteiger partial charge in [0.15, 0.2) is 9.84 Å². The van der Waals surface area contributed by atoms with Gasteiger partial charge in [0.2, 0.25) is 0 Å². The smallest absolute Gasteiger partial charge is 0.150 e. The molecule has 0 amide bonds. The SMILES string of the molecule is COc1cccc(C(NN)C2CCS(=O)(=O)C2)c1. The molecule has 0 aliphatic carbocycles. The van der Waals surface area contributed by atoms with Gasteiger partial charge in [0, 0.05) is 6.04 Å². The maximum atomic E-state index is 11.5. The first kappa shape index (κ1) is 13.3. The van der Waals surface area contributed by atoms with Crippen molar-refractivity contribution in [1.82, 2.24) is 5.43 Å². The Bertz CT molecular complexity index is 516. The summed E-state index contributed by atoms with van der Waals surface area (Å²) in [7, 11) is -1.30. The summed E-state index contributed by atoms with van der Waals surface area (Å²) in [6.45, 7) is 0. The number of nitrogens with two attached hydrogens (primary N) is 1. The second-order valence-electron chi connectivity index (χ2n) is 4.58. The molecule has 1 aliphatic heterocycles. The third-order valence-corrected chi connectivity index (χ3v) is 5.17. The Morgan fingerprint density at radius 3 is 2.83 bits per heavy atom. The fraction of sp³-hybridized carbons (Fsp3) is 0.500. The van der Waals surface area contributed by atoms with E-state index in [-0.39, 0.29) is 23.5 Å². The molecule has 1 aromatic rings. The molecule has 6 heteroatoms. The topological polar surface area (TPSA) is 81.4 Å². The molecule has 0 aromatic heterocycles. The van der Waals surface area contributed by atoms with Crippen LogP contribution in [0, 0.1) is 5.92 Å². The van der Waals surface area contributed by atoms with E-state index in [1.807, 2.05) is 24.3 Å². The zero-order chi connectivity index (χ0) is 13.2. The van der Waals surface area contributed by atoms with Crippen molar-refractivity contribution in [3.8, 4) is 5.75 Å². The number of methoxy groups -OCH3 is 1. The van der Waals surface area contributed by atoms with E-state index >= 15 is 0 Å². The summed E-state index contributed by atoms with van der Waals surface area (Å²) in [4.78, 5) is 0. The Morgan fingerprint density at radius 2 is 2.28 bits per heavy atom. The van der Waals surface area contributed by atoms with Crippen LogP contribution < -0.4 is 16.0 Å². The lowest BCUT2D eigenvalue weighted by atomic mass is 9.93. The number of hydrogen-bond donors (Lipinski definition) is 2. The fourth-order valence-electron chi connectivity index (χ4n) is 2.43. The van der Waals surface area contributed by atoms with E-state index in [1.54, 1.807) is 7.11 Å². The van der Waals surface area contributed by atoms with Crippen LogP contribution in [0.2, 0.25) is 0 Å². The first-order valence-electron chi connectivity index (χ1n) is 5.86. The second-order valence-corrected chi connectivity index (χ2v) is 6.81. The van der Waals surface area contributed by atoms with Gasteiger partial charge in [0.05, 0.1) is 18.6 Å². The van der Waals surface area contributed by atoms with Gasteiger partial charge in [-0.1, -0.05) is 12.1 Å². The molecule has 1 saturated heterocycles. The summed E-state index contributed by atoms with van der Waals surface area (Å²) in [5, 5.41) is 0. The average Bonchev–Trinajstić information content (AvgIpc) is 2.71. The second kappa shape index (κ2) is 5.26. The molecule has 1 heterocycles. The summed E-state index contributed by atoms with van der Waals surface area (Å²) >= 11 is 0. The highest BCUT2D eigenvalue weighted by Crippen LogP contribution is 2.32. The van der Waals surface area contributed by atoms with Crippen LogP contribution in [0.3, 0.4) is 0 Å². The molecule has 18 heavy (non-hydrogen) atoms. The van der Waals surface area contributed by atoms with E-state index < -0.39 is 9.84 Å². The highest BCUT2D eigenvalue weighted by molar-refractivity contribution is 7.91. The van der Waals surface area contributed by atoms with Crippen LogP contribution in [0.25, 0.3) is 0 Å².